The topological polar surface area (TPSA) is 37.8 Å². The molecule has 4 rings (SSSR count). The maximum Gasteiger partial charge on any atom is 0.147 e. The summed E-state index contributed by atoms with van der Waals surface area (Å²) in [7, 11) is 2.14. The van der Waals surface area contributed by atoms with Gasteiger partial charge in [0.2, 0.25) is 0 Å². The van der Waals surface area contributed by atoms with Crippen LogP contribution in [0.25, 0.3) is 0 Å². The minimum Gasteiger partial charge on any atom is -0.456 e. The van der Waals surface area contributed by atoms with Gasteiger partial charge in [-0.25, -0.2) is 0 Å². The highest BCUT2D eigenvalue weighted by atomic mass is 35.5. The number of halogens is 2. The molecule has 0 aliphatic carbocycles. The molecule has 2 saturated heterocycles. The zero-order valence-electron chi connectivity index (χ0n) is 13.9. The van der Waals surface area contributed by atoms with Crippen molar-refractivity contribution in [2.45, 2.75) is 12.2 Å². The van der Waals surface area contributed by atoms with Crippen LogP contribution in [0.4, 0.5) is 5.69 Å². The Labute approximate surface area is 157 Å². The van der Waals surface area contributed by atoms with Gasteiger partial charge in [0.25, 0.3) is 0 Å². The number of anilines is 1. The zero-order valence-corrected chi connectivity index (χ0v) is 15.4. The second-order valence-electron chi connectivity index (χ2n) is 6.56. The summed E-state index contributed by atoms with van der Waals surface area (Å²) in [5, 5.41) is 0.971. The van der Waals surface area contributed by atoms with E-state index in [0.29, 0.717) is 21.5 Å². The number of ether oxygens (including phenoxy) is 2. The minimum atomic E-state index is 0.233. The number of benzene rings is 1. The highest BCUT2D eigenvalue weighted by Gasteiger charge is 2.33. The van der Waals surface area contributed by atoms with Crippen molar-refractivity contribution >= 4 is 28.9 Å². The molecule has 2 unspecified atom stereocenters. The molecule has 3 heterocycles. The molecule has 0 radical (unpaired) electrons. The van der Waals surface area contributed by atoms with Gasteiger partial charge in [-0.05, 0) is 19.2 Å². The predicted octanol–water partition coefficient (Wildman–Crippen LogP) is 3.70. The van der Waals surface area contributed by atoms with E-state index in [1.165, 1.54) is 0 Å². The molecular formula is C18H19Cl2N3O2. The van der Waals surface area contributed by atoms with E-state index < -0.39 is 0 Å². The predicted molar refractivity (Wildman–Crippen MR) is 99.1 cm³/mol. The summed E-state index contributed by atoms with van der Waals surface area (Å²) >= 11 is 12.0. The third-order valence-corrected chi connectivity index (χ3v) is 5.19. The summed E-state index contributed by atoms with van der Waals surface area (Å²) in [4.78, 5) is 8.98. The second kappa shape index (κ2) is 7.00. The van der Waals surface area contributed by atoms with Gasteiger partial charge in [-0.2, -0.15) is 0 Å². The van der Waals surface area contributed by atoms with Crippen molar-refractivity contribution in [3.63, 3.8) is 0 Å². The molecule has 0 N–H and O–H groups in total. The van der Waals surface area contributed by atoms with E-state index in [9.17, 15) is 0 Å². The molecule has 2 aromatic rings. The third kappa shape index (κ3) is 3.85. The van der Waals surface area contributed by atoms with Gasteiger partial charge in [-0.15, -0.1) is 0 Å². The number of nitrogens with zero attached hydrogens (tertiary/aromatic N) is 3. The SMILES string of the molecule is CN1CC2CN(c3cncc(Oc4ccc(Cl)c(Cl)c4)c3)CC(C1)O2. The molecule has 0 saturated carbocycles. The van der Waals surface area contributed by atoms with Gasteiger partial charge < -0.3 is 19.3 Å². The summed E-state index contributed by atoms with van der Waals surface area (Å²) < 4.78 is 11.9. The van der Waals surface area contributed by atoms with Crippen molar-refractivity contribution in [3.05, 3.63) is 46.7 Å². The van der Waals surface area contributed by atoms with Gasteiger partial charge in [0.15, 0.2) is 0 Å². The van der Waals surface area contributed by atoms with E-state index >= 15 is 0 Å². The molecule has 25 heavy (non-hydrogen) atoms. The zero-order chi connectivity index (χ0) is 17.4. The third-order valence-electron chi connectivity index (χ3n) is 4.45. The van der Waals surface area contributed by atoms with Crippen LogP contribution in [0.3, 0.4) is 0 Å². The Balaban J connectivity index is 1.50. The first kappa shape index (κ1) is 16.9. The Hall–Kier alpha value is -1.53. The van der Waals surface area contributed by atoms with Gasteiger partial charge >= 0.3 is 0 Å². The first-order chi connectivity index (χ1) is 12.1. The van der Waals surface area contributed by atoms with Crippen molar-refractivity contribution in [1.82, 2.24) is 9.88 Å². The van der Waals surface area contributed by atoms with Crippen molar-refractivity contribution in [1.29, 1.82) is 0 Å². The van der Waals surface area contributed by atoms with Crippen LogP contribution in [0.5, 0.6) is 11.5 Å². The van der Waals surface area contributed by atoms with Gasteiger partial charge in [0.05, 0.1) is 40.3 Å². The van der Waals surface area contributed by atoms with E-state index in [4.69, 9.17) is 32.7 Å². The monoisotopic (exact) mass is 379 g/mol. The molecular weight excluding hydrogens is 361 g/mol. The van der Waals surface area contributed by atoms with Gasteiger partial charge in [0, 0.05) is 38.3 Å². The number of aromatic nitrogens is 1. The highest BCUT2D eigenvalue weighted by molar-refractivity contribution is 6.42. The van der Waals surface area contributed by atoms with Crippen LogP contribution in [0, 0.1) is 0 Å². The Morgan fingerprint density at radius 3 is 2.48 bits per heavy atom. The number of fused-ring (bicyclic) bond motifs is 2. The maximum absolute atomic E-state index is 6.05. The van der Waals surface area contributed by atoms with Crippen LogP contribution in [0.1, 0.15) is 0 Å². The Bertz CT molecular complexity index is 756. The van der Waals surface area contributed by atoms with E-state index in [1.807, 2.05) is 12.3 Å². The summed E-state index contributed by atoms with van der Waals surface area (Å²) in [5.41, 5.74) is 1.04. The normalized spacial score (nSPS) is 23.6. The number of likely N-dealkylation sites (N-methyl/N-ethyl adjacent to an activating group) is 1. The average molecular weight is 380 g/mol. The van der Waals surface area contributed by atoms with Gasteiger partial charge in [-0.3, -0.25) is 4.98 Å². The number of hydrogen-bond acceptors (Lipinski definition) is 5. The fourth-order valence-corrected chi connectivity index (χ4v) is 3.71. The first-order valence-corrected chi connectivity index (χ1v) is 8.99. The van der Waals surface area contributed by atoms with Gasteiger partial charge in [0.1, 0.15) is 11.5 Å². The lowest BCUT2D eigenvalue weighted by atomic mass is 10.1. The van der Waals surface area contributed by atoms with Crippen LogP contribution in [0.2, 0.25) is 10.0 Å². The molecule has 2 fully saturated rings. The smallest absolute Gasteiger partial charge is 0.147 e. The van der Waals surface area contributed by atoms with Crippen LogP contribution in [-0.4, -0.2) is 55.3 Å². The van der Waals surface area contributed by atoms with Crippen molar-refractivity contribution in [3.8, 4) is 11.5 Å². The van der Waals surface area contributed by atoms with Crippen LogP contribution in [0.15, 0.2) is 36.7 Å². The van der Waals surface area contributed by atoms with Crippen LogP contribution < -0.4 is 9.64 Å². The molecule has 2 aliphatic heterocycles. The highest BCUT2D eigenvalue weighted by Crippen LogP contribution is 2.31. The number of hydrogen-bond donors (Lipinski definition) is 0. The van der Waals surface area contributed by atoms with E-state index in [-0.39, 0.29) is 12.2 Å². The van der Waals surface area contributed by atoms with E-state index in [2.05, 4.69) is 21.8 Å². The molecule has 132 valence electrons. The van der Waals surface area contributed by atoms with E-state index in [0.717, 1.165) is 31.9 Å². The summed E-state index contributed by atoms with van der Waals surface area (Å²) in [6.45, 7) is 3.64. The lowest BCUT2D eigenvalue weighted by Gasteiger charge is -2.45. The number of pyridine rings is 1. The summed E-state index contributed by atoms with van der Waals surface area (Å²) in [5.74, 6) is 1.30. The molecule has 0 amide bonds. The largest absolute Gasteiger partial charge is 0.456 e. The Kier molecular flexibility index (Phi) is 4.73. The number of rotatable bonds is 3. The van der Waals surface area contributed by atoms with Crippen molar-refractivity contribution < 1.29 is 9.47 Å². The van der Waals surface area contributed by atoms with Crippen molar-refractivity contribution in [2.75, 3.05) is 38.1 Å². The lowest BCUT2D eigenvalue weighted by molar-refractivity contribution is -0.0875. The summed E-state index contributed by atoms with van der Waals surface area (Å²) in [6, 6.07) is 7.21. The molecule has 1 aromatic heterocycles. The standard InChI is InChI=1S/C18H19Cl2N3O2/c1-22-8-15-10-23(11-16(9-22)25-15)12-4-14(7-21-6-12)24-13-2-3-17(19)18(20)5-13/h2-7,15-16H,8-11H2,1H3. The van der Waals surface area contributed by atoms with Gasteiger partial charge in [-0.1, -0.05) is 23.2 Å². The molecule has 2 bridgehead atoms. The Morgan fingerprint density at radius 1 is 1.00 bits per heavy atom. The molecule has 2 aliphatic rings. The second-order valence-corrected chi connectivity index (χ2v) is 7.38. The molecule has 1 aromatic carbocycles. The molecule has 7 heteroatoms. The fourth-order valence-electron chi connectivity index (χ4n) is 3.42. The molecule has 5 nitrogen and oxygen atoms in total. The Morgan fingerprint density at radius 2 is 1.76 bits per heavy atom. The average Bonchev–Trinajstić information content (AvgIpc) is 2.57. The summed E-state index contributed by atoms with van der Waals surface area (Å²) in [6.07, 6.45) is 4.03. The minimum absolute atomic E-state index is 0.233. The lowest BCUT2D eigenvalue weighted by Crippen LogP contribution is -2.58. The fraction of sp³-hybridized carbons (Fsp3) is 0.389. The first-order valence-electron chi connectivity index (χ1n) is 8.24. The van der Waals surface area contributed by atoms with Crippen molar-refractivity contribution in [2.24, 2.45) is 0 Å². The van der Waals surface area contributed by atoms with E-state index in [1.54, 1.807) is 24.4 Å². The van der Waals surface area contributed by atoms with Crippen LogP contribution >= 0.6 is 23.2 Å². The quantitative estimate of drug-likeness (QED) is 0.812. The molecule has 2 atom stereocenters. The molecule has 0 spiro atoms. The maximum atomic E-state index is 6.05. The van der Waals surface area contributed by atoms with Crippen LogP contribution in [-0.2, 0) is 4.74 Å². The number of morpholine rings is 2.